The van der Waals surface area contributed by atoms with Crippen LogP contribution in [0.25, 0.3) is 0 Å². The molecule has 1 aromatic heterocycles. The fourth-order valence-corrected chi connectivity index (χ4v) is 1.71. The predicted molar refractivity (Wildman–Crippen MR) is 68.6 cm³/mol. The lowest BCUT2D eigenvalue weighted by atomic mass is 10.0. The molecule has 0 aliphatic rings. The van der Waals surface area contributed by atoms with Gasteiger partial charge in [0.2, 0.25) is 0 Å². The summed E-state index contributed by atoms with van der Waals surface area (Å²) in [5.41, 5.74) is -3.88. The highest BCUT2D eigenvalue weighted by atomic mass is 19.4. The number of hydrogen-bond donors (Lipinski definition) is 1. The largest absolute Gasteiger partial charge is 0.416 e. The number of nitrogens with zero attached hydrogens (tertiary/aromatic N) is 1. The highest BCUT2D eigenvalue weighted by molar-refractivity contribution is 6.04. The topological polar surface area (TPSA) is 42.0 Å². The minimum absolute atomic E-state index is 0.00321. The van der Waals surface area contributed by atoms with Crippen molar-refractivity contribution in [2.45, 2.75) is 12.4 Å². The second kappa shape index (κ2) is 5.90. The van der Waals surface area contributed by atoms with Crippen molar-refractivity contribution in [1.29, 1.82) is 0 Å². The second-order valence-electron chi connectivity index (χ2n) is 4.46. The number of nitrogens with one attached hydrogen (secondary N) is 1. The Balaban J connectivity index is 2.43. The van der Waals surface area contributed by atoms with Crippen molar-refractivity contribution in [2.75, 3.05) is 5.32 Å². The van der Waals surface area contributed by atoms with Gasteiger partial charge in [0.05, 0.1) is 11.1 Å². The Labute approximate surface area is 126 Å². The van der Waals surface area contributed by atoms with Crippen LogP contribution in [0.4, 0.5) is 32.2 Å². The first-order valence-corrected chi connectivity index (χ1v) is 6.09. The number of carbonyl (C=O) groups excluding carboxylic acids is 1. The Hall–Kier alpha value is -2.58. The van der Waals surface area contributed by atoms with Gasteiger partial charge in [-0.05, 0) is 30.3 Å². The number of alkyl halides is 6. The summed E-state index contributed by atoms with van der Waals surface area (Å²) < 4.78 is 76.3. The van der Waals surface area contributed by atoms with Crippen LogP contribution in [-0.4, -0.2) is 10.9 Å². The number of benzene rings is 1. The van der Waals surface area contributed by atoms with E-state index in [4.69, 9.17) is 0 Å². The molecular weight excluding hydrogens is 326 g/mol. The number of anilines is 1. The van der Waals surface area contributed by atoms with Gasteiger partial charge in [-0.1, -0.05) is 6.07 Å². The van der Waals surface area contributed by atoms with Crippen LogP contribution in [0.2, 0.25) is 0 Å². The van der Waals surface area contributed by atoms with Crippen molar-refractivity contribution >= 4 is 11.7 Å². The van der Waals surface area contributed by atoms with E-state index in [-0.39, 0.29) is 11.9 Å². The molecule has 0 saturated carbocycles. The van der Waals surface area contributed by atoms with Crippen LogP contribution < -0.4 is 5.32 Å². The van der Waals surface area contributed by atoms with Crippen molar-refractivity contribution in [2.24, 2.45) is 0 Å². The molecule has 0 atom stereocenters. The fraction of sp³-hybridized carbons (Fsp3) is 0.143. The van der Waals surface area contributed by atoms with Gasteiger partial charge in [0.1, 0.15) is 5.82 Å². The van der Waals surface area contributed by atoms with Gasteiger partial charge in [0.15, 0.2) is 0 Å². The lowest BCUT2D eigenvalue weighted by Crippen LogP contribution is -2.17. The van der Waals surface area contributed by atoms with Crippen LogP contribution >= 0.6 is 0 Å². The minimum Gasteiger partial charge on any atom is -0.307 e. The van der Waals surface area contributed by atoms with Crippen LogP contribution in [-0.2, 0) is 12.4 Å². The number of pyridine rings is 1. The molecule has 0 aliphatic carbocycles. The monoisotopic (exact) mass is 334 g/mol. The molecule has 23 heavy (non-hydrogen) atoms. The zero-order valence-corrected chi connectivity index (χ0v) is 11.2. The molecule has 2 rings (SSSR count). The van der Waals surface area contributed by atoms with Gasteiger partial charge < -0.3 is 5.32 Å². The molecule has 0 saturated heterocycles. The number of hydrogen-bond acceptors (Lipinski definition) is 2. The molecule has 3 nitrogen and oxygen atoms in total. The van der Waals surface area contributed by atoms with Crippen molar-refractivity contribution in [3.8, 4) is 0 Å². The average Bonchev–Trinajstić information content (AvgIpc) is 2.46. The van der Waals surface area contributed by atoms with Gasteiger partial charge in [-0.2, -0.15) is 26.3 Å². The number of rotatable bonds is 2. The van der Waals surface area contributed by atoms with Gasteiger partial charge in [0.25, 0.3) is 5.91 Å². The fourth-order valence-electron chi connectivity index (χ4n) is 1.71. The molecule has 1 heterocycles. The first-order valence-electron chi connectivity index (χ1n) is 6.09. The zero-order chi connectivity index (χ0) is 17.3. The normalized spacial score (nSPS) is 12.1. The molecule has 0 aliphatic heterocycles. The van der Waals surface area contributed by atoms with Crippen LogP contribution in [0.15, 0.2) is 42.6 Å². The quantitative estimate of drug-likeness (QED) is 0.829. The second-order valence-corrected chi connectivity index (χ2v) is 4.46. The van der Waals surface area contributed by atoms with E-state index >= 15 is 0 Å². The van der Waals surface area contributed by atoms with Gasteiger partial charge >= 0.3 is 12.4 Å². The molecule has 0 spiro atoms. The molecule has 122 valence electrons. The third-order valence-electron chi connectivity index (χ3n) is 2.76. The smallest absolute Gasteiger partial charge is 0.307 e. The first-order chi connectivity index (χ1) is 10.6. The molecule has 0 unspecified atom stereocenters. The summed E-state index contributed by atoms with van der Waals surface area (Å²) in [7, 11) is 0. The maximum atomic E-state index is 12.7. The lowest BCUT2D eigenvalue weighted by molar-refractivity contribution is -0.143. The van der Waals surface area contributed by atoms with E-state index in [0.717, 1.165) is 0 Å². The average molecular weight is 334 g/mol. The zero-order valence-electron chi connectivity index (χ0n) is 11.2. The Morgan fingerprint density at radius 2 is 1.48 bits per heavy atom. The highest BCUT2D eigenvalue weighted by Gasteiger charge is 2.37. The van der Waals surface area contributed by atoms with Crippen molar-refractivity contribution in [3.05, 3.63) is 59.3 Å². The molecule has 0 bridgehead atoms. The molecule has 9 heteroatoms. The van der Waals surface area contributed by atoms with E-state index < -0.39 is 35.0 Å². The highest BCUT2D eigenvalue weighted by Crippen LogP contribution is 2.36. The Kier molecular flexibility index (Phi) is 4.31. The summed E-state index contributed by atoms with van der Waals surface area (Å²) in [6.07, 6.45) is -8.72. The molecule has 0 fully saturated rings. The first kappa shape index (κ1) is 16.8. The minimum atomic E-state index is -5.01. The number of halogens is 6. The molecule has 2 aromatic rings. The van der Waals surface area contributed by atoms with Crippen molar-refractivity contribution < 1.29 is 31.1 Å². The van der Waals surface area contributed by atoms with E-state index in [2.05, 4.69) is 10.3 Å². The Bertz CT molecular complexity index is 677. The van der Waals surface area contributed by atoms with E-state index in [1.54, 1.807) is 0 Å². The summed E-state index contributed by atoms with van der Waals surface area (Å²) in [4.78, 5) is 15.6. The SMILES string of the molecule is O=C(Nc1ccccn1)c1cc(C(F)(F)F)cc(C(F)(F)F)c1. The van der Waals surface area contributed by atoms with Crippen molar-refractivity contribution in [1.82, 2.24) is 4.98 Å². The summed E-state index contributed by atoms with van der Waals surface area (Å²) in [6.45, 7) is 0. The summed E-state index contributed by atoms with van der Waals surface area (Å²) in [5.74, 6) is -1.12. The van der Waals surface area contributed by atoms with Gasteiger partial charge in [-0.3, -0.25) is 4.79 Å². The number of aromatic nitrogens is 1. The Morgan fingerprint density at radius 3 is 1.91 bits per heavy atom. The van der Waals surface area contributed by atoms with Crippen LogP contribution in [0.3, 0.4) is 0 Å². The molecule has 1 N–H and O–H groups in total. The summed E-state index contributed by atoms with van der Waals surface area (Å²) >= 11 is 0. The third kappa shape index (κ3) is 4.21. The number of carbonyl (C=O) groups is 1. The van der Waals surface area contributed by atoms with E-state index in [9.17, 15) is 31.1 Å². The van der Waals surface area contributed by atoms with Gasteiger partial charge in [0, 0.05) is 11.8 Å². The standard InChI is InChI=1S/C14H8F6N2O/c15-13(16,17)9-5-8(6-10(7-9)14(18,19)20)12(23)22-11-3-1-2-4-21-11/h1-7H,(H,21,22,23). The van der Waals surface area contributed by atoms with Gasteiger partial charge in [-0.15, -0.1) is 0 Å². The van der Waals surface area contributed by atoms with Crippen LogP contribution in [0.5, 0.6) is 0 Å². The predicted octanol–water partition coefficient (Wildman–Crippen LogP) is 4.37. The van der Waals surface area contributed by atoms with E-state index in [1.165, 1.54) is 24.4 Å². The summed E-state index contributed by atoms with van der Waals surface area (Å²) in [5, 5.41) is 2.13. The van der Waals surface area contributed by atoms with E-state index in [0.29, 0.717) is 12.1 Å². The van der Waals surface area contributed by atoms with Crippen LogP contribution in [0, 0.1) is 0 Å². The third-order valence-corrected chi connectivity index (χ3v) is 2.76. The number of amides is 1. The maximum absolute atomic E-state index is 12.7. The van der Waals surface area contributed by atoms with Crippen molar-refractivity contribution in [3.63, 3.8) is 0 Å². The maximum Gasteiger partial charge on any atom is 0.416 e. The van der Waals surface area contributed by atoms with Gasteiger partial charge in [-0.25, -0.2) is 4.98 Å². The molecule has 1 amide bonds. The Morgan fingerprint density at radius 1 is 0.913 bits per heavy atom. The van der Waals surface area contributed by atoms with Crippen LogP contribution in [0.1, 0.15) is 21.5 Å². The van der Waals surface area contributed by atoms with E-state index in [1.807, 2.05) is 0 Å². The molecule has 1 aromatic carbocycles. The lowest BCUT2D eigenvalue weighted by Gasteiger charge is -2.14. The molecule has 0 radical (unpaired) electrons. The summed E-state index contributed by atoms with van der Waals surface area (Å²) in [6, 6.07) is 5.03. The molecular formula is C14H8F6N2O.